The largest absolute Gasteiger partial charge is 0.424 e. The molecule has 1 heterocycles. The molecule has 2 aromatic rings. The molecule has 1 fully saturated rings. The molecule has 1 atom stereocenters. The van der Waals surface area contributed by atoms with Crippen LogP contribution >= 0.6 is 0 Å². The summed E-state index contributed by atoms with van der Waals surface area (Å²) < 4.78 is 5.50. The molecule has 1 saturated heterocycles. The van der Waals surface area contributed by atoms with Crippen LogP contribution < -0.4 is 10.5 Å². The summed E-state index contributed by atoms with van der Waals surface area (Å²) >= 11 is 0. The summed E-state index contributed by atoms with van der Waals surface area (Å²) in [4.78, 5) is 25.0. The molecule has 1 aliphatic rings. The molecule has 2 N–H and O–H groups in total. The molecule has 2 amide bonds. The maximum Gasteiger partial charge on any atom is 0.334 e. The SMILES string of the molecule is NC(=O)N1CCC[C@H]1C(=O)Oc1cccc2ccccc12. The number of fused-ring (bicyclic) bond motifs is 1. The van der Waals surface area contributed by atoms with Crippen molar-refractivity contribution in [2.24, 2.45) is 5.73 Å². The molecule has 0 aromatic heterocycles. The van der Waals surface area contributed by atoms with E-state index >= 15 is 0 Å². The molecule has 5 nitrogen and oxygen atoms in total. The Labute approximate surface area is 122 Å². The van der Waals surface area contributed by atoms with Crippen molar-refractivity contribution in [1.29, 1.82) is 0 Å². The lowest BCUT2D eigenvalue weighted by Crippen LogP contribution is -2.45. The molecule has 0 radical (unpaired) electrons. The number of rotatable bonds is 2. The number of ether oxygens (including phenoxy) is 1. The Balaban J connectivity index is 1.85. The third kappa shape index (κ3) is 2.54. The lowest BCUT2D eigenvalue weighted by atomic mass is 10.1. The normalized spacial score (nSPS) is 17.9. The number of hydrogen-bond donors (Lipinski definition) is 1. The fourth-order valence-corrected chi connectivity index (χ4v) is 2.74. The van der Waals surface area contributed by atoms with Crippen molar-refractivity contribution in [3.63, 3.8) is 0 Å². The lowest BCUT2D eigenvalue weighted by Gasteiger charge is -2.21. The molecule has 108 valence electrons. The van der Waals surface area contributed by atoms with Crippen molar-refractivity contribution in [3.8, 4) is 5.75 Å². The zero-order valence-corrected chi connectivity index (χ0v) is 11.5. The third-order valence-corrected chi connectivity index (χ3v) is 3.77. The first-order valence-electron chi connectivity index (χ1n) is 6.92. The van der Waals surface area contributed by atoms with Gasteiger partial charge in [0.25, 0.3) is 0 Å². The van der Waals surface area contributed by atoms with E-state index in [4.69, 9.17) is 10.5 Å². The summed E-state index contributed by atoms with van der Waals surface area (Å²) in [6, 6.07) is 12.1. The number of nitrogens with two attached hydrogens (primary N) is 1. The molecule has 2 aromatic carbocycles. The second-order valence-electron chi connectivity index (χ2n) is 5.09. The first-order chi connectivity index (χ1) is 10.2. The quantitative estimate of drug-likeness (QED) is 0.679. The Morgan fingerprint density at radius 1 is 1.14 bits per heavy atom. The Bertz CT molecular complexity index is 693. The first-order valence-corrected chi connectivity index (χ1v) is 6.92. The average Bonchev–Trinajstić information content (AvgIpc) is 2.97. The Morgan fingerprint density at radius 3 is 2.71 bits per heavy atom. The third-order valence-electron chi connectivity index (χ3n) is 3.77. The Kier molecular flexibility index (Phi) is 3.48. The number of urea groups is 1. The van der Waals surface area contributed by atoms with Crippen molar-refractivity contribution >= 4 is 22.8 Å². The first kappa shape index (κ1) is 13.4. The zero-order chi connectivity index (χ0) is 14.8. The van der Waals surface area contributed by atoms with Crippen molar-refractivity contribution < 1.29 is 14.3 Å². The number of carbonyl (C=O) groups is 2. The van der Waals surface area contributed by atoms with Crippen molar-refractivity contribution in [3.05, 3.63) is 42.5 Å². The van der Waals surface area contributed by atoms with Gasteiger partial charge in [-0.3, -0.25) is 0 Å². The second-order valence-corrected chi connectivity index (χ2v) is 5.09. The summed E-state index contributed by atoms with van der Waals surface area (Å²) in [5.41, 5.74) is 5.29. The van der Waals surface area contributed by atoms with Gasteiger partial charge in [0.1, 0.15) is 11.8 Å². The van der Waals surface area contributed by atoms with E-state index in [1.54, 1.807) is 6.07 Å². The van der Waals surface area contributed by atoms with Crippen molar-refractivity contribution in [2.75, 3.05) is 6.54 Å². The highest BCUT2D eigenvalue weighted by Crippen LogP contribution is 2.27. The predicted molar refractivity (Wildman–Crippen MR) is 78.9 cm³/mol. The molecule has 5 heteroatoms. The summed E-state index contributed by atoms with van der Waals surface area (Å²) in [6.45, 7) is 0.505. The van der Waals surface area contributed by atoms with Crippen LogP contribution in [-0.4, -0.2) is 29.5 Å². The number of amides is 2. The van der Waals surface area contributed by atoms with Gasteiger partial charge in [-0.15, -0.1) is 0 Å². The van der Waals surface area contributed by atoms with Gasteiger partial charge in [0.05, 0.1) is 0 Å². The van der Waals surface area contributed by atoms with Gasteiger partial charge in [0, 0.05) is 11.9 Å². The average molecular weight is 284 g/mol. The standard InChI is InChI=1S/C16H16N2O3/c17-16(20)18-10-4-8-13(18)15(19)21-14-9-3-6-11-5-1-2-7-12(11)14/h1-3,5-7,9,13H,4,8,10H2,(H2,17,20)/t13-/m0/s1. The lowest BCUT2D eigenvalue weighted by molar-refractivity contribution is -0.138. The van der Waals surface area contributed by atoms with Gasteiger partial charge >= 0.3 is 12.0 Å². The highest BCUT2D eigenvalue weighted by Gasteiger charge is 2.34. The van der Waals surface area contributed by atoms with E-state index in [0.717, 1.165) is 17.2 Å². The van der Waals surface area contributed by atoms with Gasteiger partial charge in [-0.1, -0.05) is 36.4 Å². The maximum atomic E-state index is 12.3. The molecule has 0 bridgehead atoms. The monoisotopic (exact) mass is 284 g/mol. The van der Waals surface area contributed by atoms with Crippen LogP contribution in [0.1, 0.15) is 12.8 Å². The molecule has 3 rings (SSSR count). The van der Waals surface area contributed by atoms with Gasteiger partial charge in [0.15, 0.2) is 0 Å². The van der Waals surface area contributed by atoms with E-state index in [9.17, 15) is 9.59 Å². The van der Waals surface area contributed by atoms with Crippen LogP contribution in [0.3, 0.4) is 0 Å². The van der Waals surface area contributed by atoms with E-state index in [1.165, 1.54) is 4.90 Å². The van der Waals surface area contributed by atoms with E-state index in [-0.39, 0.29) is 0 Å². The molecule has 0 aliphatic carbocycles. The van der Waals surface area contributed by atoms with Gasteiger partial charge in [-0.25, -0.2) is 9.59 Å². The minimum absolute atomic E-state index is 0.428. The van der Waals surface area contributed by atoms with Gasteiger partial charge in [-0.05, 0) is 24.3 Å². The molecule has 0 saturated carbocycles. The van der Waals surface area contributed by atoms with Crippen LogP contribution in [0.4, 0.5) is 4.79 Å². The minimum atomic E-state index is -0.582. The maximum absolute atomic E-state index is 12.3. The number of primary amides is 1. The number of esters is 1. The summed E-state index contributed by atoms with van der Waals surface area (Å²) in [7, 11) is 0. The van der Waals surface area contributed by atoms with Crippen LogP contribution in [0.2, 0.25) is 0 Å². The van der Waals surface area contributed by atoms with Crippen LogP contribution in [0.5, 0.6) is 5.75 Å². The van der Waals surface area contributed by atoms with Gasteiger partial charge in [-0.2, -0.15) is 0 Å². The van der Waals surface area contributed by atoms with E-state index in [0.29, 0.717) is 18.7 Å². The zero-order valence-electron chi connectivity index (χ0n) is 11.5. The molecule has 21 heavy (non-hydrogen) atoms. The number of benzene rings is 2. The van der Waals surface area contributed by atoms with E-state index in [1.807, 2.05) is 36.4 Å². The summed E-state index contributed by atoms with van der Waals surface area (Å²) in [6.07, 6.45) is 1.35. The van der Waals surface area contributed by atoms with Gasteiger partial charge < -0.3 is 15.4 Å². The molecular formula is C16H16N2O3. The van der Waals surface area contributed by atoms with Crippen molar-refractivity contribution in [1.82, 2.24) is 4.90 Å². The highest BCUT2D eigenvalue weighted by atomic mass is 16.5. The van der Waals surface area contributed by atoms with Crippen LogP contribution in [-0.2, 0) is 4.79 Å². The summed E-state index contributed by atoms with van der Waals surface area (Å²) in [5.74, 6) is 0.0806. The smallest absolute Gasteiger partial charge is 0.334 e. The van der Waals surface area contributed by atoms with E-state index < -0.39 is 18.0 Å². The molecule has 1 aliphatic heterocycles. The molecule has 0 unspecified atom stereocenters. The van der Waals surface area contributed by atoms with Gasteiger partial charge in [0.2, 0.25) is 0 Å². The van der Waals surface area contributed by atoms with Crippen LogP contribution in [0.15, 0.2) is 42.5 Å². The Morgan fingerprint density at radius 2 is 1.90 bits per heavy atom. The Hall–Kier alpha value is -2.56. The highest BCUT2D eigenvalue weighted by molar-refractivity contribution is 5.92. The molecular weight excluding hydrogens is 268 g/mol. The summed E-state index contributed by atoms with van der Waals surface area (Å²) in [5, 5.41) is 1.87. The topological polar surface area (TPSA) is 72.6 Å². The molecule has 0 spiro atoms. The minimum Gasteiger partial charge on any atom is -0.424 e. The number of carbonyl (C=O) groups excluding carboxylic acids is 2. The van der Waals surface area contributed by atoms with Crippen LogP contribution in [0, 0.1) is 0 Å². The fourth-order valence-electron chi connectivity index (χ4n) is 2.74. The van der Waals surface area contributed by atoms with Crippen molar-refractivity contribution in [2.45, 2.75) is 18.9 Å². The number of likely N-dealkylation sites (tertiary alicyclic amines) is 1. The predicted octanol–water partition coefficient (Wildman–Crippen LogP) is 2.29. The fraction of sp³-hybridized carbons (Fsp3) is 0.250. The number of nitrogens with zero attached hydrogens (tertiary/aromatic N) is 1. The van der Waals surface area contributed by atoms with Crippen LogP contribution in [0.25, 0.3) is 10.8 Å². The number of hydrogen-bond acceptors (Lipinski definition) is 3. The second kappa shape index (κ2) is 5.44. The van der Waals surface area contributed by atoms with E-state index in [2.05, 4.69) is 0 Å².